The Morgan fingerprint density at radius 1 is 1.25 bits per heavy atom. The van der Waals surface area contributed by atoms with Crippen molar-refractivity contribution in [2.45, 2.75) is 56.5 Å². The van der Waals surface area contributed by atoms with Crippen molar-refractivity contribution in [1.82, 2.24) is 10.2 Å². The SMILES string of the molecule is COCCN1C(=O)C(C2CC2)NC(=O)C12CCCCC2. The third-order valence-electron chi connectivity index (χ3n) is 5.05. The average Bonchev–Trinajstić information content (AvgIpc) is 3.29. The number of piperazine rings is 1. The zero-order valence-corrected chi connectivity index (χ0v) is 12.2. The first-order valence-electron chi connectivity index (χ1n) is 7.80. The summed E-state index contributed by atoms with van der Waals surface area (Å²) in [7, 11) is 1.64. The second-order valence-corrected chi connectivity index (χ2v) is 6.36. The molecule has 2 amide bonds. The van der Waals surface area contributed by atoms with E-state index in [-0.39, 0.29) is 17.9 Å². The van der Waals surface area contributed by atoms with Gasteiger partial charge in [0.05, 0.1) is 6.61 Å². The number of nitrogens with one attached hydrogen (secondary N) is 1. The maximum Gasteiger partial charge on any atom is 0.246 e. The Balaban J connectivity index is 1.86. The molecule has 1 saturated heterocycles. The van der Waals surface area contributed by atoms with Crippen LogP contribution >= 0.6 is 0 Å². The number of hydrogen-bond donors (Lipinski definition) is 1. The molecule has 0 bridgehead atoms. The Hall–Kier alpha value is -1.10. The summed E-state index contributed by atoms with van der Waals surface area (Å²) in [5, 5.41) is 3.02. The lowest BCUT2D eigenvalue weighted by Crippen LogP contribution is -2.71. The molecule has 0 radical (unpaired) electrons. The molecule has 0 aromatic heterocycles. The Morgan fingerprint density at radius 2 is 1.95 bits per heavy atom. The first-order valence-corrected chi connectivity index (χ1v) is 7.80. The summed E-state index contributed by atoms with van der Waals surface area (Å²) in [4.78, 5) is 27.3. The summed E-state index contributed by atoms with van der Waals surface area (Å²) < 4.78 is 5.15. The van der Waals surface area contributed by atoms with Gasteiger partial charge in [-0.05, 0) is 31.6 Å². The summed E-state index contributed by atoms with van der Waals surface area (Å²) in [6.07, 6.45) is 6.92. The summed E-state index contributed by atoms with van der Waals surface area (Å²) in [5.74, 6) is 0.549. The van der Waals surface area contributed by atoms with E-state index in [1.54, 1.807) is 7.11 Å². The van der Waals surface area contributed by atoms with Gasteiger partial charge in [0.25, 0.3) is 0 Å². The van der Waals surface area contributed by atoms with Crippen LogP contribution < -0.4 is 5.32 Å². The van der Waals surface area contributed by atoms with Crippen LogP contribution in [0.3, 0.4) is 0 Å². The molecular weight excluding hydrogens is 256 g/mol. The normalized spacial score (nSPS) is 29.6. The Bertz CT molecular complexity index is 400. The Morgan fingerprint density at radius 3 is 2.55 bits per heavy atom. The molecule has 112 valence electrons. The van der Waals surface area contributed by atoms with Crippen molar-refractivity contribution in [1.29, 1.82) is 0 Å². The van der Waals surface area contributed by atoms with E-state index in [4.69, 9.17) is 4.74 Å². The first-order chi connectivity index (χ1) is 9.69. The number of carbonyl (C=O) groups excluding carboxylic acids is 2. The number of methoxy groups -OCH3 is 1. The van der Waals surface area contributed by atoms with E-state index in [0.29, 0.717) is 19.1 Å². The molecule has 0 aromatic carbocycles. The second kappa shape index (κ2) is 5.35. The van der Waals surface area contributed by atoms with Gasteiger partial charge in [-0.25, -0.2) is 0 Å². The minimum atomic E-state index is -0.598. The predicted octanol–water partition coefficient (Wildman–Crippen LogP) is 1.07. The maximum absolute atomic E-state index is 12.8. The van der Waals surface area contributed by atoms with E-state index in [1.165, 1.54) is 0 Å². The molecule has 1 heterocycles. The third kappa shape index (κ3) is 2.22. The lowest BCUT2D eigenvalue weighted by Gasteiger charge is -2.50. The molecule has 2 saturated carbocycles. The highest BCUT2D eigenvalue weighted by molar-refractivity contribution is 6.00. The highest BCUT2D eigenvalue weighted by atomic mass is 16.5. The van der Waals surface area contributed by atoms with Crippen LogP contribution in [0.2, 0.25) is 0 Å². The average molecular weight is 280 g/mol. The Kier molecular flexibility index (Phi) is 3.71. The third-order valence-corrected chi connectivity index (χ3v) is 5.05. The standard InChI is InChI=1S/C15H24N2O3/c1-20-10-9-17-13(18)12(11-5-6-11)16-14(19)15(17)7-3-2-4-8-15/h11-12H,2-10H2,1H3,(H,16,19). The number of nitrogens with zero attached hydrogens (tertiary/aromatic N) is 1. The quantitative estimate of drug-likeness (QED) is 0.838. The zero-order chi connectivity index (χ0) is 14.2. The Labute approximate surface area is 120 Å². The van der Waals surface area contributed by atoms with Crippen LogP contribution in [0.5, 0.6) is 0 Å². The lowest BCUT2D eigenvalue weighted by atomic mass is 9.77. The van der Waals surface area contributed by atoms with Crippen molar-refractivity contribution in [3.05, 3.63) is 0 Å². The summed E-state index contributed by atoms with van der Waals surface area (Å²) in [5.41, 5.74) is -0.598. The number of hydrogen-bond acceptors (Lipinski definition) is 3. The van der Waals surface area contributed by atoms with Gasteiger partial charge in [0, 0.05) is 13.7 Å². The van der Waals surface area contributed by atoms with E-state index in [2.05, 4.69) is 5.32 Å². The van der Waals surface area contributed by atoms with Gasteiger partial charge in [0.2, 0.25) is 11.8 Å². The molecule has 3 rings (SSSR count). The number of rotatable bonds is 4. The van der Waals surface area contributed by atoms with Gasteiger partial charge in [-0.15, -0.1) is 0 Å². The van der Waals surface area contributed by atoms with E-state index in [1.807, 2.05) is 4.90 Å². The summed E-state index contributed by atoms with van der Waals surface area (Å²) >= 11 is 0. The van der Waals surface area contributed by atoms with Crippen LogP contribution in [0.1, 0.15) is 44.9 Å². The van der Waals surface area contributed by atoms with Gasteiger partial charge in [0.15, 0.2) is 0 Å². The molecule has 3 aliphatic rings. The molecule has 2 aliphatic carbocycles. The van der Waals surface area contributed by atoms with Gasteiger partial charge in [-0.2, -0.15) is 0 Å². The number of amides is 2. The van der Waals surface area contributed by atoms with Crippen LogP contribution in [-0.2, 0) is 14.3 Å². The van der Waals surface area contributed by atoms with Crippen molar-refractivity contribution in [3.8, 4) is 0 Å². The minimum Gasteiger partial charge on any atom is -0.383 e. The number of carbonyl (C=O) groups is 2. The highest BCUT2D eigenvalue weighted by Gasteiger charge is 2.55. The number of ether oxygens (including phenoxy) is 1. The van der Waals surface area contributed by atoms with E-state index < -0.39 is 5.54 Å². The molecule has 0 aromatic rings. The fourth-order valence-electron chi connectivity index (χ4n) is 3.73. The molecule has 1 unspecified atom stereocenters. The van der Waals surface area contributed by atoms with Gasteiger partial charge >= 0.3 is 0 Å². The van der Waals surface area contributed by atoms with Crippen LogP contribution in [0.4, 0.5) is 0 Å². The van der Waals surface area contributed by atoms with Crippen molar-refractivity contribution in [2.24, 2.45) is 5.92 Å². The van der Waals surface area contributed by atoms with Crippen LogP contribution in [0.25, 0.3) is 0 Å². The van der Waals surface area contributed by atoms with Gasteiger partial charge in [-0.1, -0.05) is 19.3 Å². The van der Waals surface area contributed by atoms with E-state index in [9.17, 15) is 9.59 Å². The largest absolute Gasteiger partial charge is 0.383 e. The highest BCUT2D eigenvalue weighted by Crippen LogP contribution is 2.41. The van der Waals surface area contributed by atoms with E-state index >= 15 is 0 Å². The molecule has 5 nitrogen and oxygen atoms in total. The molecule has 20 heavy (non-hydrogen) atoms. The molecule has 1 atom stereocenters. The van der Waals surface area contributed by atoms with Gasteiger partial charge in [-0.3, -0.25) is 9.59 Å². The van der Waals surface area contributed by atoms with Gasteiger partial charge < -0.3 is 15.0 Å². The lowest BCUT2D eigenvalue weighted by molar-refractivity contribution is -0.161. The summed E-state index contributed by atoms with van der Waals surface area (Å²) in [6.45, 7) is 1.03. The predicted molar refractivity (Wildman–Crippen MR) is 74.1 cm³/mol. The molecule has 1 N–H and O–H groups in total. The van der Waals surface area contributed by atoms with Crippen molar-refractivity contribution in [3.63, 3.8) is 0 Å². The molecule has 3 fully saturated rings. The van der Waals surface area contributed by atoms with Crippen molar-refractivity contribution in [2.75, 3.05) is 20.3 Å². The monoisotopic (exact) mass is 280 g/mol. The van der Waals surface area contributed by atoms with E-state index in [0.717, 1.165) is 44.9 Å². The van der Waals surface area contributed by atoms with Crippen LogP contribution in [-0.4, -0.2) is 48.6 Å². The molecule has 1 aliphatic heterocycles. The maximum atomic E-state index is 12.8. The van der Waals surface area contributed by atoms with Crippen LogP contribution in [0, 0.1) is 5.92 Å². The van der Waals surface area contributed by atoms with Gasteiger partial charge in [0.1, 0.15) is 11.6 Å². The topological polar surface area (TPSA) is 58.6 Å². The first kappa shape index (κ1) is 13.9. The zero-order valence-electron chi connectivity index (χ0n) is 12.2. The fraction of sp³-hybridized carbons (Fsp3) is 0.867. The second-order valence-electron chi connectivity index (χ2n) is 6.36. The fourth-order valence-corrected chi connectivity index (χ4v) is 3.73. The van der Waals surface area contributed by atoms with Crippen molar-refractivity contribution < 1.29 is 14.3 Å². The minimum absolute atomic E-state index is 0.0739. The molecule has 1 spiro atoms. The van der Waals surface area contributed by atoms with Crippen molar-refractivity contribution >= 4 is 11.8 Å². The smallest absolute Gasteiger partial charge is 0.246 e. The molecule has 5 heteroatoms. The molecular formula is C15H24N2O3. The van der Waals surface area contributed by atoms with Crippen LogP contribution in [0.15, 0.2) is 0 Å². The summed E-state index contributed by atoms with van der Waals surface area (Å²) in [6, 6.07) is -0.285.